The van der Waals surface area contributed by atoms with Gasteiger partial charge >= 0.3 is 0 Å². The van der Waals surface area contributed by atoms with Crippen molar-refractivity contribution in [1.29, 1.82) is 0 Å². The summed E-state index contributed by atoms with van der Waals surface area (Å²) in [5.74, 6) is 0.708. The Labute approximate surface area is 104 Å². The van der Waals surface area contributed by atoms with Crippen molar-refractivity contribution in [2.45, 2.75) is 19.1 Å². The number of aromatic nitrogens is 2. The van der Waals surface area contributed by atoms with Crippen molar-refractivity contribution in [2.24, 2.45) is 0 Å². The van der Waals surface area contributed by atoms with Crippen molar-refractivity contribution in [3.8, 4) is 5.75 Å². The average molecular weight is 243 g/mol. The Bertz CT molecular complexity index is 526. The van der Waals surface area contributed by atoms with Crippen molar-refractivity contribution in [3.05, 3.63) is 48.0 Å². The molecule has 1 aliphatic heterocycles. The second kappa shape index (κ2) is 4.52. The summed E-state index contributed by atoms with van der Waals surface area (Å²) in [6, 6.07) is 7.73. The van der Waals surface area contributed by atoms with Crippen LogP contribution in [0.3, 0.4) is 0 Å². The number of carbonyl (C=O) groups excluding carboxylic acids is 1. The predicted molar refractivity (Wildman–Crippen MR) is 65.0 cm³/mol. The van der Waals surface area contributed by atoms with Gasteiger partial charge in [-0.15, -0.1) is 0 Å². The molecule has 0 saturated carbocycles. The van der Waals surface area contributed by atoms with Crippen LogP contribution in [0.1, 0.15) is 11.3 Å². The van der Waals surface area contributed by atoms with Gasteiger partial charge in [0.15, 0.2) is 6.10 Å². The highest BCUT2D eigenvalue weighted by Crippen LogP contribution is 2.28. The number of imidazole rings is 1. The number of nitrogens with one attached hydrogen (secondary N) is 2. The molecule has 0 saturated heterocycles. The molecule has 1 aromatic carbocycles. The number of nitrogens with zero attached hydrogens (tertiary/aromatic N) is 1. The molecule has 1 amide bonds. The van der Waals surface area contributed by atoms with Gasteiger partial charge in [0, 0.05) is 12.6 Å². The number of amides is 1. The van der Waals surface area contributed by atoms with Gasteiger partial charge in [-0.3, -0.25) is 4.79 Å². The van der Waals surface area contributed by atoms with Crippen molar-refractivity contribution in [2.75, 3.05) is 0 Å². The van der Waals surface area contributed by atoms with Crippen LogP contribution in [0.25, 0.3) is 0 Å². The lowest BCUT2D eigenvalue weighted by molar-refractivity contribution is -0.127. The van der Waals surface area contributed by atoms with Crippen molar-refractivity contribution in [1.82, 2.24) is 15.3 Å². The standard InChI is InChI=1S/C13H13N3O2/c17-13(15-7-10-6-14-8-16-10)12-5-9-3-1-2-4-11(9)18-12/h1-4,6,8,12H,5,7H2,(H,14,16)(H,15,17). The SMILES string of the molecule is O=C(NCc1cnc[nH]1)C1Cc2ccccc2O1. The van der Waals surface area contributed by atoms with Gasteiger partial charge in [0.25, 0.3) is 5.91 Å². The van der Waals surface area contributed by atoms with Crippen LogP contribution in [0.2, 0.25) is 0 Å². The number of fused-ring (bicyclic) bond motifs is 1. The summed E-state index contributed by atoms with van der Waals surface area (Å²) in [5.41, 5.74) is 1.96. The van der Waals surface area contributed by atoms with Gasteiger partial charge in [0.1, 0.15) is 5.75 Å². The third kappa shape index (κ3) is 2.07. The van der Waals surface area contributed by atoms with Gasteiger partial charge < -0.3 is 15.0 Å². The molecule has 1 atom stereocenters. The first kappa shape index (κ1) is 10.8. The van der Waals surface area contributed by atoms with Gasteiger partial charge in [0.05, 0.1) is 18.6 Å². The summed E-state index contributed by atoms with van der Waals surface area (Å²) in [6.07, 6.45) is 3.48. The van der Waals surface area contributed by atoms with Crippen LogP contribution in [0.5, 0.6) is 5.75 Å². The average Bonchev–Trinajstić information content (AvgIpc) is 3.04. The molecule has 0 radical (unpaired) electrons. The fraction of sp³-hybridized carbons (Fsp3) is 0.231. The Balaban J connectivity index is 1.59. The molecule has 5 nitrogen and oxygen atoms in total. The molecule has 2 heterocycles. The number of aromatic amines is 1. The topological polar surface area (TPSA) is 67.0 Å². The molecule has 3 rings (SSSR count). The van der Waals surface area contributed by atoms with E-state index in [2.05, 4.69) is 15.3 Å². The van der Waals surface area contributed by atoms with Gasteiger partial charge in [-0.25, -0.2) is 4.98 Å². The second-order valence-electron chi connectivity index (χ2n) is 4.21. The number of rotatable bonds is 3. The summed E-state index contributed by atoms with van der Waals surface area (Å²) < 4.78 is 5.60. The first-order chi connectivity index (χ1) is 8.83. The van der Waals surface area contributed by atoms with Gasteiger partial charge in [-0.1, -0.05) is 18.2 Å². The summed E-state index contributed by atoms with van der Waals surface area (Å²) in [6.45, 7) is 0.440. The molecule has 1 aromatic heterocycles. The van der Waals surface area contributed by atoms with Gasteiger partial charge in [-0.2, -0.15) is 0 Å². The van der Waals surface area contributed by atoms with Crippen LogP contribution in [-0.2, 0) is 17.8 Å². The first-order valence-electron chi connectivity index (χ1n) is 5.82. The Morgan fingerprint density at radius 2 is 2.39 bits per heavy atom. The van der Waals surface area contributed by atoms with E-state index in [1.54, 1.807) is 12.5 Å². The maximum atomic E-state index is 11.9. The summed E-state index contributed by atoms with van der Waals surface area (Å²) in [5, 5.41) is 2.83. The molecule has 92 valence electrons. The highest BCUT2D eigenvalue weighted by Gasteiger charge is 2.28. The third-order valence-electron chi connectivity index (χ3n) is 2.95. The van der Waals surface area contributed by atoms with Crippen molar-refractivity contribution < 1.29 is 9.53 Å². The van der Waals surface area contributed by atoms with Crippen LogP contribution in [0.15, 0.2) is 36.8 Å². The molecule has 0 bridgehead atoms. The van der Waals surface area contributed by atoms with E-state index in [0.717, 1.165) is 17.0 Å². The minimum absolute atomic E-state index is 0.0965. The normalized spacial score (nSPS) is 17.0. The van der Waals surface area contributed by atoms with Crippen LogP contribution in [0, 0.1) is 0 Å². The third-order valence-corrected chi connectivity index (χ3v) is 2.95. The zero-order valence-electron chi connectivity index (χ0n) is 9.72. The number of hydrogen-bond donors (Lipinski definition) is 2. The fourth-order valence-electron chi connectivity index (χ4n) is 2.01. The minimum Gasteiger partial charge on any atom is -0.480 e. The zero-order valence-corrected chi connectivity index (χ0v) is 9.72. The molecule has 2 aromatic rings. The maximum absolute atomic E-state index is 11.9. The number of H-pyrrole nitrogens is 1. The second-order valence-corrected chi connectivity index (χ2v) is 4.21. The van der Waals surface area contributed by atoms with E-state index in [1.165, 1.54) is 0 Å². The number of para-hydroxylation sites is 1. The number of hydrogen-bond acceptors (Lipinski definition) is 3. The van der Waals surface area contributed by atoms with Crippen molar-refractivity contribution >= 4 is 5.91 Å². The van der Waals surface area contributed by atoms with Crippen LogP contribution in [0.4, 0.5) is 0 Å². The largest absolute Gasteiger partial charge is 0.480 e. The molecular weight excluding hydrogens is 230 g/mol. The van der Waals surface area contributed by atoms with Crippen LogP contribution in [-0.4, -0.2) is 22.0 Å². The molecule has 0 fully saturated rings. The number of ether oxygens (including phenoxy) is 1. The Hall–Kier alpha value is -2.30. The maximum Gasteiger partial charge on any atom is 0.261 e. The van der Waals surface area contributed by atoms with Crippen molar-refractivity contribution in [3.63, 3.8) is 0 Å². The molecule has 18 heavy (non-hydrogen) atoms. The lowest BCUT2D eigenvalue weighted by Crippen LogP contribution is -2.37. The summed E-state index contributed by atoms with van der Waals surface area (Å²) in [4.78, 5) is 18.8. The molecule has 1 unspecified atom stereocenters. The number of carbonyl (C=O) groups is 1. The fourth-order valence-corrected chi connectivity index (χ4v) is 2.01. The van der Waals surface area contributed by atoms with E-state index in [9.17, 15) is 4.79 Å². The van der Waals surface area contributed by atoms with Gasteiger partial charge in [-0.05, 0) is 11.6 Å². The highest BCUT2D eigenvalue weighted by molar-refractivity contribution is 5.82. The first-order valence-corrected chi connectivity index (χ1v) is 5.82. The highest BCUT2D eigenvalue weighted by atomic mass is 16.5. The quantitative estimate of drug-likeness (QED) is 0.846. The van der Waals surface area contributed by atoms with Crippen LogP contribution < -0.4 is 10.1 Å². The zero-order chi connectivity index (χ0) is 12.4. The minimum atomic E-state index is -0.426. The molecule has 2 N–H and O–H groups in total. The molecular formula is C13H13N3O2. The monoisotopic (exact) mass is 243 g/mol. The van der Waals surface area contributed by atoms with E-state index in [1.807, 2.05) is 24.3 Å². The molecule has 1 aliphatic rings. The van der Waals surface area contributed by atoms with E-state index in [-0.39, 0.29) is 5.91 Å². The predicted octanol–water partition coefficient (Wildman–Crippen LogP) is 1.03. The van der Waals surface area contributed by atoms with E-state index >= 15 is 0 Å². The van der Waals surface area contributed by atoms with Gasteiger partial charge in [0.2, 0.25) is 0 Å². The molecule has 0 spiro atoms. The number of benzene rings is 1. The smallest absolute Gasteiger partial charge is 0.261 e. The Morgan fingerprint density at radius 1 is 1.50 bits per heavy atom. The summed E-state index contributed by atoms with van der Waals surface area (Å²) in [7, 11) is 0. The lowest BCUT2D eigenvalue weighted by Gasteiger charge is -2.10. The molecule has 5 heteroatoms. The van der Waals surface area contributed by atoms with E-state index in [0.29, 0.717) is 13.0 Å². The molecule has 0 aliphatic carbocycles. The Morgan fingerprint density at radius 3 is 3.17 bits per heavy atom. The lowest BCUT2D eigenvalue weighted by atomic mass is 10.1. The van der Waals surface area contributed by atoms with Crippen LogP contribution >= 0.6 is 0 Å². The van der Waals surface area contributed by atoms with E-state index in [4.69, 9.17) is 4.74 Å². The Kier molecular flexibility index (Phi) is 2.72. The summed E-state index contributed by atoms with van der Waals surface area (Å²) >= 11 is 0. The van der Waals surface area contributed by atoms with E-state index < -0.39 is 6.10 Å².